The predicted molar refractivity (Wildman–Crippen MR) is 76.5 cm³/mol. The molecule has 0 spiro atoms. The molecule has 0 saturated heterocycles. The van der Waals surface area contributed by atoms with Crippen molar-refractivity contribution in [1.82, 2.24) is 20.2 Å². The van der Waals surface area contributed by atoms with Crippen molar-refractivity contribution in [3.63, 3.8) is 0 Å². The number of aromatic nitrogens is 4. The van der Waals surface area contributed by atoms with Gasteiger partial charge in [0.05, 0.1) is 11.6 Å². The number of hydrogen-bond acceptors (Lipinski definition) is 5. The zero-order chi connectivity index (χ0) is 13.2. The first-order valence-corrected chi connectivity index (χ1v) is 6.71. The van der Waals surface area contributed by atoms with E-state index < -0.39 is 0 Å². The highest BCUT2D eigenvalue weighted by atomic mass is 32.2. The number of H-pyrrole nitrogens is 1. The molecule has 3 aromatic rings. The average Bonchev–Trinajstić information content (AvgIpc) is 2.87. The molecule has 3 rings (SSSR count). The van der Waals surface area contributed by atoms with Crippen LogP contribution in [0.3, 0.4) is 0 Å². The number of aryl methyl sites for hydroxylation is 1. The minimum absolute atomic E-state index is 0.590. The van der Waals surface area contributed by atoms with Gasteiger partial charge >= 0.3 is 0 Å². The molecule has 0 unspecified atom stereocenters. The van der Waals surface area contributed by atoms with Crippen LogP contribution < -0.4 is 5.32 Å². The van der Waals surface area contributed by atoms with Crippen LogP contribution in [-0.4, -0.2) is 27.2 Å². The molecule has 0 bridgehead atoms. The van der Waals surface area contributed by atoms with Gasteiger partial charge in [0.2, 0.25) is 5.95 Å². The molecular formula is C13H13N5S. The number of aromatic amines is 1. The highest BCUT2D eigenvalue weighted by molar-refractivity contribution is 7.99. The molecule has 19 heavy (non-hydrogen) atoms. The Morgan fingerprint density at radius 2 is 2.16 bits per heavy atom. The van der Waals surface area contributed by atoms with E-state index in [1.54, 1.807) is 25.0 Å². The first kappa shape index (κ1) is 12.0. The molecule has 2 N–H and O–H groups in total. The number of nitrogens with one attached hydrogen (secondary N) is 2. The molecule has 0 aliphatic carbocycles. The molecule has 2 aromatic heterocycles. The van der Waals surface area contributed by atoms with Crippen LogP contribution >= 0.6 is 11.8 Å². The van der Waals surface area contributed by atoms with Crippen molar-refractivity contribution >= 4 is 28.7 Å². The lowest BCUT2D eigenvalue weighted by atomic mass is 10.2. The van der Waals surface area contributed by atoms with Crippen molar-refractivity contribution < 1.29 is 0 Å². The molecule has 0 amide bonds. The first-order valence-electron chi connectivity index (χ1n) is 5.89. The third-order valence-electron chi connectivity index (χ3n) is 2.70. The van der Waals surface area contributed by atoms with Crippen LogP contribution in [0.25, 0.3) is 11.0 Å². The van der Waals surface area contributed by atoms with Gasteiger partial charge in [-0.2, -0.15) is 10.1 Å². The molecular weight excluding hydrogens is 258 g/mol. The molecule has 0 saturated carbocycles. The van der Waals surface area contributed by atoms with E-state index in [-0.39, 0.29) is 0 Å². The fourth-order valence-corrected chi connectivity index (χ4v) is 2.79. The van der Waals surface area contributed by atoms with Crippen molar-refractivity contribution in [2.75, 3.05) is 12.4 Å². The van der Waals surface area contributed by atoms with Gasteiger partial charge in [-0.15, -0.1) is 0 Å². The number of benzene rings is 1. The minimum atomic E-state index is 0.590. The lowest BCUT2D eigenvalue weighted by Crippen LogP contribution is -1.97. The largest absolute Gasteiger partial charge is 0.357 e. The molecule has 0 radical (unpaired) electrons. The van der Waals surface area contributed by atoms with Crippen LogP contribution in [0.1, 0.15) is 5.56 Å². The lowest BCUT2D eigenvalue weighted by Gasteiger charge is -2.05. The SMILES string of the molecule is CNc1nc(Sc2cccc(C)c2)c2cn[nH]c2n1. The fourth-order valence-electron chi connectivity index (χ4n) is 1.79. The van der Waals surface area contributed by atoms with Gasteiger partial charge in [0.1, 0.15) is 5.03 Å². The van der Waals surface area contributed by atoms with Gasteiger partial charge in [-0.1, -0.05) is 29.5 Å². The molecule has 0 atom stereocenters. The summed E-state index contributed by atoms with van der Waals surface area (Å²) in [5.74, 6) is 0.590. The van der Waals surface area contributed by atoms with E-state index in [0.717, 1.165) is 21.0 Å². The summed E-state index contributed by atoms with van der Waals surface area (Å²) in [7, 11) is 1.80. The van der Waals surface area contributed by atoms with Gasteiger partial charge < -0.3 is 5.32 Å². The van der Waals surface area contributed by atoms with E-state index in [1.807, 2.05) is 6.07 Å². The summed E-state index contributed by atoms with van der Waals surface area (Å²) in [6.45, 7) is 2.08. The normalized spacial score (nSPS) is 10.8. The fraction of sp³-hybridized carbons (Fsp3) is 0.154. The van der Waals surface area contributed by atoms with Crippen molar-refractivity contribution in [2.24, 2.45) is 0 Å². The van der Waals surface area contributed by atoms with E-state index in [0.29, 0.717) is 5.95 Å². The maximum atomic E-state index is 4.50. The second kappa shape index (κ2) is 4.89. The molecule has 0 aliphatic rings. The highest BCUT2D eigenvalue weighted by Crippen LogP contribution is 2.31. The Kier molecular flexibility index (Phi) is 3.08. The van der Waals surface area contributed by atoms with Gasteiger partial charge in [0.15, 0.2) is 5.65 Å². The zero-order valence-corrected chi connectivity index (χ0v) is 11.5. The Hall–Kier alpha value is -2.08. The van der Waals surface area contributed by atoms with Crippen molar-refractivity contribution in [3.8, 4) is 0 Å². The molecule has 2 heterocycles. The molecule has 0 fully saturated rings. The Morgan fingerprint density at radius 1 is 1.26 bits per heavy atom. The number of nitrogens with zero attached hydrogens (tertiary/aromatic N) is 3. The summed E-state index contributed by atoms with van der Waals surface area (Å²) in [4.78, 5) is 9.97. The Labute approximate surface area is 114 Å². The van der Waals surface area contributed by atoms with Crippen molar-refractivity contribution in [3.05, 3.63) is 36.0 Å². The van der Waals surface area contributed by atoms with Crippen molar-refractivity contribution in [2.45, 2.75) is 16.8 Å². The third kappa shape index (κ3) is 2.39. The van der Waals surface area contributed by atoms with E-state index >= 15 is 0 Å². The summed E-state index contributed by atoms with van der Waals surface area (Å²) < 4.78 is 0. The van der Waals surface area contributed by atoms with Gasteiger partial charge in [0, 0.05) is 11.9 Å². The predicted octanol–water partition coefficient (Wildman–Crippen LogP) is 2.85. The second-order valence-corrected chi connectivity index (χ2v) is 5.22. The van der Waals surface area contributed by atoms with Gasteiger partial charge in [-0.25, -0.2) is 4.98 Å². The lowest BCUT2D eigenvalue weighted by molar-refractivity contribution is 1.06. The number of fused-ring (bicyclic) bond motifs is 1. The Bertz CT molecular complexity index is 722. The second-order valence-electron chi connectivity index (χ2n) is 4.15. The van der Waals surface area contributed by atoms with Crippen molar-refractivity contribution in [1.29, 1.82) is 0 Å². The first-order chi connectivity index (χ1) is 9.26. The number of anilines is 1. The number of rotatable bonds is 3. The van der Waals surface area contributed by atoms with Gasteiger partial charge in [0.25, 0.3) is 0 Å². The monoisotopic (exact) mass is 271 g/mol. The quantitative estimate of drug-likeness (QED) is 0.717. The molecule has 96 valence electrons. The maximum Gasteiger partial charge on any atom is 0.225 e. The average molecular weight is 271 g/mol. The van der Waals surface area contributed by atoms with E-state index in [2.05, 4.69) is 50.6 Å². The molecule has 5 nitrogen and oxygen atoms in total. The maximum absolute atomic E-state index is 4.50. The number of hydrogen-bond donors (Lipinski definition) is 2. The topological polar surface area (TPSA) is 66.5 Å². The Balaban J connectivity index is 2.06. The van der Waals surface area contributed by atoms with E-state index in [9.17, 15) is 0 Å². The Morgan fingerprint density at radius 3 is 2.95 bits per heavy atom. The molecule has 0 aliphatic heterocycles. The van der Waals surface area contributed by atoms with E-state index in [1.165, 1.54) is 5.56 Å². The molecule has 1 aromatic carbocycles. The summed E-state index contributed by atoms with van der Waals surface area (Å²) in [6.07, 6.45) is 1.76. The minimum Gasteiger partial charge on any atom is -0.357 e. The van der Waals surface area contributed by atoms with Crippen LogP contribution in [0, 0.1) is 6.92 Å². The van der Waals surface area contributed by atoms with Crippen LogP contribution in [0.15, 0.2) is 40.4 Å². The standard InChI is InChI=1S/C13H13N5S/c1-8-4-3-5-9(6-8)19-12-10-7-15-18-11(10)16-13(14-2)17-12/h3-7H,1-2H3,(H2,14,15,16,17,18). The highest BCUT2D eigenvalue weighted by Gasteiger charge is 2.10. The van der Waals surface area contributed by atoms with E-state index in [4.69, 9.17) is 0 Å². The van der Waals surface area contributed by atoms with Gasteiger partial charge in [-0.05, 0) is 19.1 Å². The summed E-state index contributed by atoms with van der Waals surface area (Å²) in [6, 6.07) is 8.34. The summed E-state index contributed by atoms with van der Waals surface area (Å²) >= 11 is 1.61. The summed E-state index contributed by atoms with van der Waals surface area (Å²) in [5, 5.41) is 11.7. The van der Waals surface area contributed by atoms with Gasteiger partial charge in [-0.3, -0.25) is 5.10 Å². The zero-order valence-electron chi connectivity index (χ0n) is 10.6. The third-order valence-corrected chi connectivity index (χ3v) is 3.70. The molecule has 6 heteroatoms. The van der Waals surface area contributed by atoms with Crippen LogP contribution in [0.2, 0.25) is 0 Å². The van der Waals surface area contributed by atoms with Crippen LogP contribution in [-0.2, 0) is 0 Å². The van der Waals surface area contributed by atoms with Crippen LogP contribution in [0.5, 0.6) is 0 Å². The summed E-state index contributed by atoms with van der Waals surface area (Å²) in [5.41, 5.74) is 1.98. The smallest absolute Gasteiger partial charge is 0.225 e. The van der Waals surface area contributed by atoms with Crippen LogP contribution in [0.4, 0.5) is 5.95 Å².